The van der Waals surface area contributed by atoms with E-state index < -0.39 is 0 Å². The fourth-order valence-electron chi connectivity index (χ4n) is 1.86. The summed E-state index contributed by atoms with van der Waals surface area (Å²) in [6.07, 6.45) is 5.78. The standard InChI is InChI=1S/C15H25NOS/c1-4-8-13(12-16-11-5-2)17-14-9-6-7-10-15(14)18-3/h6-7,9-10,13,16H,4-5,8,11-12H2,1-3H3. The van der Waals surface area contributed by atoms with Gasteiger partial charge >= 0.3 is 0 Å². The van der Waals surface area contributed by atoms with Gasteiger partial charge in [0.25, 0.3) is 0 Å². The van der Waals surface area contributed by atoms with E-state index in [2.05, 4.69) is 43.6 Å². The van der Waals surface area contributed by atoms with Crippen LogP contribution in [0.1, 0.15) is 33.1 Å². The number of nitrogens with one attached hydrogen (secondary N) is 1. The van der Waals surface area contributed by atoms with Crippen LogP contribution in [0.4, 0.5) is 0 Å². The van der Waals surface area contributed by atoms with E-state index in [1.165, 1.54) is 11.3 Å². The van der Waals surface area contributed by atoms with Crippen molar-refractivity contribution in [1.82, 2.24) is 5.32 Å². The Kier molecular flexibility index (Phi) is 7.94. The third kappa shape index (κ3) is 5.32. The van der Waals surface area contributed by atoms with Crippen LogP contribution in [-0.4, -0.2) is 25.4 Å². The van der Waals surface area contributed by atoms with Gasteiger partial charge in [0.15, 0.2) is 0 Å². The predicted octanol–water partition coefficient (Wildman–Crippen LogP) is 3.96. The van der Waals surface area contributed by atoms with Crippen molar-refractivity contribution in [3.8, 4) is 5.75 Å². The molecule has 0 spiro atoms. The molecular formula is C15H25NOS. The van der Waals surface area contributed by atoms with Crippen LogP contribution in [0.25, 0.3) is 0 Å². The maximum absolute atomic E-state index is 6.14. The highest BCUT2D eigenvalue weighted by atomic mass is 32.2. The van der Waals surface area contributed by atoms with Crippen LogP contribution >= 0.6 is 11.8 Å². The Balaban J connectivity index is 2.58. The molecule has 0 aliphatic heterocycles. The topological polar surface area (TPSA) is 21.3 Å². The lowest BCUT2D eigenvalue weighted by Gasteiger charge is -2.20. The first-order valence-corrected chi connectivity index (χ1v) is 8.04. The fourth-order valence-corrected chi connectivity index (χ4v) is 2.39. The van der Waals surface area contributed by atoms with Gasteiger partial charge in [0.1, 0.15) is 11.9 Å². The zero-order valence-electron chi connectivity index (χ0n) is 11.7. The van der Waals surface area contributed by atoms with Crippen LogP contribution in [0.3, 0.4) is 0 Å². The molecule has 1 aromatic rings. The summed E-state index contributed by atoms with van der Waals surface area (Å²) in [6, 6.07) is 8.27. The van der Waals surface area contributed by atoms with Gasteiger partial charge in [-0.25, -0.2) is 0 Å². The summed E-state index contributed by atoms with van der Waals surface area (Å²) in [6.45, 7) is 6.39. The molecule has 0 amide bonds. The molecule has 1 rings (SSSR count). The molecule has 0 aliphatic rings. The van der Waals surface area contributed by atoms with Crippen molar-refractivity contribution in [3.05, 3.63) is 24.3 Å². The molecular weight excluding hydrogens is 242 g/mol. The summed E-state index contributed by atoms with van der Waals surface area (Å²) in [5.74, 6) is 1.02. The van der Waals surface area contributed by atoms with Gasteiger partial charge in [-0.05, 0) is 37.8 Å². The molecule has 0 aliphatic carbocycles. The number of rotatable bonds is 9. The highest BCUT2D eigenvalue weighted by Gasteiger charge is 2.11. The van der Waals surface area contributed by atoms with Crippen LogP contribution in [-0.2, 0) is 0 Å². The molecule has 1 aromatic carbocycles. The van der Waals surface area contributed by atoms with E-state index in [-0.39, 0.29) is 6.10 Å². The minimum Gasteiger partial charge on any atom is -0.488 e. The molecule has 0 aromatic heterocycles. The Morgan fingerprint density at radius 1 is 1.22 bits per heavy atom. The van der Waals surface area contributed by atoms with Gasteiger partial charge in [0.2, 0.25) is 0 Å². The smallest absolute Gasteiger partial charge is 0.133 e. The minimum absolute atomic E-state index is 0.273. The van der Waals surface area contributed by atoms with Crippen molar-refractivity contribution < 1.29 is 4.74 Å². The Labute approximate surface area is 116 Å². The van der Waals surface area contributed by atoms with E-state index in [0.717, 1.165) is 31.7 Å². The van der Waals surface area contributed by atoms with Gasteiger partial charge in [-0.15, -0.1) is 11.8 Å². The molecule has 18 heavy (non-hydrogen) atoms. The summed E-state index contributed by atoms with van der Waals surface area (Å²) in [7, 11) is 0. The lowest BCUT2D eigenvalue weighted by Crippen LogP contribution is -2.31. The van der Waals surface area contributed by atoms with Crippen LogP contribution < -0.4 is 10.1 Å². The van der Waals surface area contributed by atoms with Crippen molar-refractivity contribution in [2.24, 2.45) is 0 Å². The SMILES string of the molecule is CCCNCC(CCC)Oc1ccccc1SC. The highest BCUT2D eigenvalue weighted by Crippen LogP contribution is 2.28. The molecule has 1 N–H and O–H groups in total. The maximum Gasteiger partial charge on any atom is 0.133 e. The number of benzene rings is 1. The van der Waals surface area contributed by atoms with Crippen LogP contribution in [0.5, 0.6) is 5.75 Å². The zero-order valence-corrected chi connectivity index (χ0v) is 12.6. The summed E-state index contributed by atoms with van der Waals surface area (Å²) in [5.41, 5.74) is 0. The van der Waals surface area contributed by atoms with Gasteiger partial charge in [0.05, 0.1) is 0 Å². The fraction of sp³-hybridized carbons (Fsp3) is 0.600. The predicted molar refractivity (Wildman–Crippen MR) is 80.7 cm³/mol. The first-order valence-electron chi connectivity index (χ1n) is 6.82. The molecule has 0 bridgehead atoms. The van der Waals surface area contributed by atoms with E-state index in [4.69, 9.17) is 4.74 Å². The Morgan fingerprint density at radius 3 is 2.67 bits per heavy atom. The summed E-state index contributed by atoms with van der Waals surface area (Å²) in [4.78, 5) is 1.22. The number of hydrogen-bond acceptors (Lipinski definition) is 3. The number of ether oxygens (including phenoxy) is 1. The second-order valence-electron chi connectivity index (χ2n) is 4.38. The molecule has 0 saturated heterocycles. The summed E-state index contributed by atoms with van der Waals surface area (Å²) in [5, 5.41) is 3.45. The first kappa shape index (κ1) is 15.4. The van der Waals surface area contributed by atoms with E-state index in [1.54, 1.807) is 11.8 Å². The summed E-state index contributed by atoms with van der Waals surface area (Å²) < 4.78 is 6.14. The maximum atomic E-state index is 6.14. The Bertz CT molecular complexity index is 330. The van der Waals surface area contributed by atoms with Gasteiger partial charge in [0, 0.05) is 11.4 Å². The number of thioether (sulfide) groups is 1. The molecule has 102 valence electrons. The molecule has 0 saturated carbocycles. The normalized spacial score (nSPS) is 12.4. The minimum atomic E-state index is 0.273. The first-order chi connectivity index (χ1) is 8.81. The molecule has 1 atom stereocenters. The Hall–Kier alpha value is -0.670. The molecule has 2 nitrogen and oxygen atoms in total. The highest BCUT2D eigenvalue weighted by molar-refractivity contribution is 7.98. The average molecular weight is 267 g/mol. The number of para-hydroxylation sites is 1. The van der Waals surface area contributed by atoms with Gasteiger partial charge < -0.3 is 10.1 Å². The van der Waals surface area contributed by atoms with E-state index >= 15 is 0 Å². The zero-order chi connectivity index (χ0) is 13.2. The summed E-state index contributed by atoms with van der Waals surface area (Å²) >= 11 is 1.74. The van der Waals surface area contributed by atoms with Gasteiger partial charge in [-0.3, -0.25) is 0 Å². The van der Waals surface area contributed by atoms with Gasteiger partial charge in [-0.2, -0.15) is 0 Å². The van der Waals surface area contributed by atoms with E-state index in [9.17, 15) is 0 Å². The Morgan fingerprint density at radius 2 is 2.00 bits per heavy atom. The van der Waals surface area contributed by atoms with Crippen molar-refractivity contribution in [2.45, 2.75) is 44.1 Å². The van der Waals surface area contributed by atoms with Crippen molar-refractivity contribution in [2.75, 3.05) is 19.3 Å². The largest absolute Gasteiger partial charge is 0.488 e. The van der Waals surface area contributed by atoms with Crippen molar-refractivity contribution in [1.29, 1.82) is 0 Å². The van der Waals surface area contributed by atoms with Crippen molar-refractivity contribution in [3.63, 3.8) is 0 Å². The van der Waals surface area contributed by atoms with Crippen LogP contribution in [0.15, 0.2) is 29.2 Å². The number of hydrogen-bond donors (Lipinski definition) is 1. The quantitative estimate of drug-likeness (QED) is 0.540. The molecule has 0 heterocycles. The molecule has 0 radical (unpaired) electrons. The van der Waals surface area contributed by atoms with E-state index in [0.29, 0.717) is 0 Å². The second-order valence-corrected chi connectivity index (χ2v) is 5.23. The van der Waals surface area contributed by atoms with E-state index in [1.807, 2.05) is 6.07 Å². The second kappa shape index (κ2) is 9.29. The lowest BCUT2D eigenvalue weighted by molar-refractivity contribution is 0.182. The van der Waals surface area contributed by atoms with Crippen LogP contribution in [0, 0.1) is 0 Å². The third-order valence-corrected chi connectivity index (χ3v) is 3.55. The van der Waals surface area contributed by atoms with Gasteiger partial charge in [-0.1, -0.05) is 32.4 Å². The lowest BCUT2D eigenvalue weighted by atomic mass is 10.2. The van der Waals surface area contributed by atoms with Crippen molar-refractivity contribution >= 4 is 11.8 Å². The van der Waals surface area contributed by atoms with Crippen LogP contribution in [0.2, 0.25) is 0 Å². The average Bonchev–Trinajstić information content (AvgIpc) is 2.40. The third-order valence-electron chi connectivity index (χ3n) is 2.77. The molecule has 3 heteroatoms. The monoisotopic (exact) mass is 267 g/mol. The molecule has 0 fully saturated rings. The molecule has 1 unspecified atom stereocenters.